The molecule has 114 valence electrons. The summed E-state index contributed by atoms with van der Waals surface area (Å²) in [5.74, 6) is -0.647. The molecule has 1 heterocycles. The number of aromatic nitrogens is 1. The van der Waals surface area contributed by atoms with Gasteiger partial charge in [0.25, 0.3) is 0 Å². The van der Waals surface area contributed by atoms with E-state index < -0.39 is 18.8 Å². The molecule has 0 atom stereocenters. The number of anilines is 1. The summed E-state index contributed by atoms with van der Waals surface area (Å²) in [5.41, 5.74) is 6.27. The van der Waals surface area contributed by atoms with E-state index >= 15 is 0 Å². The average Bonchev–Trinajstić information content (AvgIpc) is 2.69. The number of carbonyl (C=O) groups excluding carboxylic acids is 1. The molecule has 1 rings (SSSR count). The monoisotopic (exact) mass is 294 g/mol. The molecule has 0 aliphatic carbocycles. The lowest BCUT2D eigenvalue weighted by Crippen LogP contribution is -2.20. The quantitative estimate of drug-likeness (QED) is 0.646. The largest absolute Gasteiger partial charge is 0.459 e. The summed E-state index contributed by atoms with van der Waals surface area (Å²) < 4.78 is 46.2. The van der Waals surface area contributed by atoms with E-state index in [0.717, 1.165) is 0 Å². The van der Waals surface area contributed by atoms with Crippen LogP contribution in [0.4, 0.5) is 18.9 Å². The van der Waals surface area contributed by atoms with Crippen LogP contribution < -0.4 is 5.73 Å². The molecule has 0 aromatic carbocycles. The zero-order valence-electron chi connectivity index (χ0n) is 11.2. The third-order valence-electron chi connectivity index (χ3n) is 2.36. The van der Waals surface area contributed by atoms with Crippen LogP contribution >= 0.6 is 0 Å². The topological polar surface area (TPSA) is 66.5 Å². The second-order valence-electron chi connectivity index (χ2n) is 4.46. The van der Waals surface area contributed by atoms with Gasteiger partial charge in [0.2, 0.25) is 0 Å². The summed E-state index contributed by atoms with van der Waals surface area (Å²) in [4.78, 5) is 11.8. The summed E-state index contributed by atoms with van der Waals surface area (Å²) in [7, 11) is 0. The predicted molar refractivity (Wildman–Crippen MR) is 66.4 cm³/mol. The Balaban J connectivity index is 2.44. The minimum atomic E-state index is -4.38. The van der Waals surface area contributed by atoms with Gasteiger partial charge in [0.05, 0.1) is 12.3 Å². The van der Waals surface area contributed by atoms with E-state index in [1.165, 1.54) is 6.07 Å². The highest BCUT2D eigenvalue weighted by Crippen LogP contribution is 2.17. The van der Waals surface area contributed by atoms with Gasteiger partial charge in [-0.05, 0) is 19.9 Å². The van der Waals surface area contributed by atoms with Gasteiger partial charge in [-0.15, -0.1) is 0 Å². The highest BCUT2D eigenvalue weighted by molar-refractivity contribution is 5.89. The minimum Gasteiger partial charge on any atom is -0.459 e. The number of nitrogens with zero attached hydrogens (tertiary/aromatic N) is 1. The van der Waals surface area contributed by atoms with Crippen LogP contribution in [0, 0.1) is 0 Å². The maximum Gasteiger partial charge on any atom is 0.411 e. The molecule has 2 N–H and O–H groups in total. The van der Waals surface area contributed by atoms with E-state index in [4.69, 9.17) is 10.5 Å². The number of esters is 1. The van der Waals surface area contributed by atoms with Gasteiger partial charge in [-0.2, -0.15) is 13.2 Å². The Morgan fingerprint density at radius 2 is 2.05 bits per heavy atom. The summed E-state index contributed by atoms with van der Waals surface area (Å²) in [5, 5.41) is 0. The third kappa shape index (κ3) is 5.12. The van der Waals surface area contributed by atoms with Crippen LogP contribution in [-0.2, 0) is 9.47 Å². The molecule has 1 aromatic rings. The maximum atomic E-state index is 11.8. The second kappa shape index (κ2) is 6.65. The van der Waals surface area contributed by atoms with Crippen molar-refractivity contribution in [3.63, 3.8) is 0 Å². The molecule has 0 radical (unpaired) electrons. The van der Waals surface area contributed by atoms with Gasteiger partial charge in [-0.25, -0.2) is 4.79 Å². The van der Waals surface area contributed by atoms with Crippen LogP contribution in [0.3, 0.4) is 0 Å². The normalized spacial score (nSPS) is 11.9. The molecule has 0 amide bonds. The molecular formula is C12H17F3N2O3. The van der Waals surface area contributed by atoms with Crippen molar-refractivity contribution in [3.8, 4) is 0 Å². The smallest absolute Gasteiger partial charge is 0.411 e. The SMILES string of the molecule is CC(C)n1cc(N)cc1C(=O)OCCOCC(F)(F)F. The zero-order chi connectivity index (χ0) is 15.3. The lowest BCUT2D eigenvalue weighted by molar-refractivity contribution is -0.175. The standard InChI is InChI=1S/C12H17F3N2O3/c1-8(2)17-6-9(16)5-10(17)11(18)20-4-3-19-7-12(13,14)15/h5-6,8H,3-4,7,16H2,1-2H3. The molecule has 8 heteroatoms. The average molecular weight is 294 g/mol. The van der Waals surface area contributed by atoms with E-state index in [9.17, 15) is 18.0 Å². The second-order valence-corrected chi connectivity index (χ2v) is 4.46. The molecule has 0 spiro atoms. The number of carbonyl (C=O) groups is 1. The third-order valence-corrected chi connectivity index (χ3v) is 2.36. The first-order valence-electron chi connectivity index (χ1n) is 5.99. The van der Waals surface area contributed by atoms with E-state index in [0.29, 0.717) is 5.69 Å². The van der Waals surface area contributed by atoms with Crippen molar-refractivity contribution in [1.82, 2.24) is 4.57 Å². The molecule has 20 heavy (non-hydrogen) atoms. The lowest BCUT2D eigenvalue weighted by Gasteiger charge is -2.12. The summed E-state index contributed by atoms with van der Waals surface area (Å²) in [6.45, 7) is 1.80. The van der Waals surface area contributed by atoms with E-state index in [1.807, 2.05) is 13.8 Å². The van der Waals surface area contributed by atoms with Crippen LogP contribution in [0.2, 0.25) is 0 Å². The van der Waals surface area contributed by atoms with Crippen LogP contribution in [0.25, 0.3) is 0 Å². The van der Waals surface area contributed by atoms with Crippen LogP contribution in [-0.4, -0.2) is 36.5 Å². The summed E-state index contributed by atoms with van der Waals surface area (Å²) >= 11 is 0. The Morgan fingerprint density at radius 1 is 1.40 bits per heavy atom. The Labute approximate surface area is 114 Å². The van der Waals surface area contributed by atoms with Crippen molar-refractivity contribution in [2.45, 2.75) is 26.1 Å². The Kier molecular flexibility index (Phi) is 5.43. The first-order chi connectivity index (χ1) is 9.20. The van der Waals surface area contributed by atoms with Gasteiger partial charge in [0, 0.05) is 12.2 Å². The first-order valence-corrected chi connectivity index (χ1v) is 5.99. The van der Waals surface area contributed by atoms with Crippen LogP contribution in [0.15, 0.2) is 12.3 Å². The molecule has 0 fully saturated rings. The maximum absolute atomic E-state index is 11.8. The van der Waals surface area contributed by atoms with Crippen molar-refractivity contribution < 1.29 is 27.4 Å². The highest BCUT2D eigenvalue weighted by atomic mass is 19.4. The van der Waals surface area contributed by atoms with E-state index in [1.54, 1.807) is 10.8 Å². The number of rotatable bonds is 6. The fourth-order valence-electron chi connectivity index (χ4n) is 1.55. The van der Waals surface area contributed by atoms with E-state index in [-0.39, 0.29) is 24.9 Å². The highest BCUT2D eigenvalue weighted by Gasteiger charge is 2.27. The predicted octanol–water partition coefficient (Wildman–Crippen LogP) is 2.39. The van der Waals surface area contributed by atoms with Crippen molar-refractivity contribution in [3.05, 3.63) is 18.0 Å². The van der Waals surface area contributed by atoms with Crippen molar-refractivity contribution in [2.75, 3.05) is 25.6 Å². The number of ether oxygens (including phenoxy) is 2. The van der Waals surface area contributed by atoms with Gasteiger partial charge in [0.15, 0.2) is 0 Å². The fraction of sp³-hybridized carbons (Fsp3) is 0.583. The summed E-state index contributed by atoms with van der Waals surface area (Å²) in [6, 6.07) is 1.47. The molecule has 1 aromatic heterocycles. The lowest BCUT2D eigenvalue weighted by atomic mass is 10.3. The fourth-order valence-corrected chi connectivity index (χ4v) is 1.55. The van der Waals surface area contributed by atoms with Gasteiger partial charge in [0.1, 0.15) is 18.9 Å². The molecule has 0 saturated heterocycles. The molecule has 5 nitrogen and oxygen atoms in total. The Hall–Kier alpha value is -1.70. The van der Waals surface area contributed by atoms with Gasteiger partial charge in [-0.1, -0.05) is 0 Å². The van der Waals surface area contributed by atoms with Crippen LogP contribution in [0.5, 0.6) is 0 Å². The minimum absolute atomic E-state index is 0.0105. The van der Waals surface area contributed by atoms with Crippen LogP contribution in [0.1, 0.15) is 30.4 Å². The molecule has 0 unspecified atom stereocenters. The molecule has 0 aliphatic rings. The van der Waals surface area contributed by atoms with Crippen molar-refractivity contribution in [2.24, 2.45) is 0 Å². The van der Waals surface area contributed by atoms with E-state index in [2.05, 4.69) is 4.74 Å². The number of alkyl halides is 3. The number of hydrogen-bond acceptors (Lipinski definition) is 4. The molecular weight excluding hydrogens is 277 g/mol. The Morgan fingerprint density at radius 3 is 2.60 bits per heavy atom. The molecule has 0 aliphatic heterocycles. The number of hydrogen-bond donors (Lipinski definition) is 1. The number of nitrogens with two attached hydrogens (primary N) is 1. The van der Waals surface area contributed by atoms with Crippen molar-refractivity contribution in [1.29, 1.82) is 0 Å². The van der Waals surface area contributed by atoms with Gasteiger partial charge < -0.3 is 19.8 Å². The summed E-state index contributed by atoms with van der Waals surface area (Å²) in [6.07, 6.45) is -2.79. The molecule has 0 saturated carbocycles. The number of nitrogen functional groups attached to an aromatic ring is 1. The van der Waals surface area contributed by atoms with Gasteiger partial charge in [-0.3, -0.25) is 0 Å². The zero-order valence-corrected chi connectivity index (χ0v) is 11.2. The van der Waals surface area contributed by atoms with Gasteiger partial charge >= 0.3 is 12.1 Å². The van der Waals surface area contributed by atoms with Crippen molar-refractivity contribution >= 4 is 11.7 Å². The first kappa shape index (κ1) is 16.4. The molecule has 0 bridgehead atoms. The Bertz CT molecular complexity index is 455. The number of halogens is 3.